The van der Waals surface area contributed by atoms with Crippen LogP contribution in [0.3, 0.4) is 0 Å². The normalized spacial score (nSPS) is 12.6. The van der Waals surface area contributed by atoms with Crippen LogP contribution < -0.4 is 11.5 Å². The first kappa shape index (κ1) is 13.6. The molecule has 0 aromatic rings. The number of amides is 2. The second kappa shape index (κ2) is 4.44. The van der Waals surface area contributed by atoms with E-state index in [-0.39, 0.29) is 0 Å². The summed E-state index contributed by atoms with van der Waals surface area (Å²) >= 11 is 0. The first-order valence-electron chi connectivity index (χ1n) is 4.06. The van der Waals surface area contributed by atoms with Crippen LogP contribution in [0.1, 0.15) is 27.7 Å². The summed E-state index contributed by atoms with van der Waals surface area (Å²) < 4.78 is -1.39. The van der Waals surface area contributed by atoms with Gasteiger partial charge in [0.15, 0.2) is 0 Å². The molecule has 0 saturated heterocycles. The number of carbonyl (C=O) groups excluding carboxylic acids is 2. The zero-order valence-corrected chi connectivity index (χ0v) is 10.4. The lowest BCUT2D eigenvalue weighted by atomic mass is 10.2. The van der Waals surface area contributed by atoms with Crippen LogP contribution in [0.2, 0.25) is 0 Å². The van der Waals surface area contributed by atoms with Gasteiger partial charge in [-0.3, -0.25) is 9.59 Å². The third-order valence-electron chi connectivity index (χ3n) is 1.65. The van der Waals surface area contributed by atoms with Crippen LogP contribution in [0, 0.1) is 0 Å². The fourth-order valence-corrected chi connectivity index (χ4v) is 2.61. The first-order valence-corrected chi connectivity index (χ1v) is 6.21. The van der Waals surface area contributed by atoms with Gasteiger partial charge in [-0.15, -0.1) is 0 Å². The monoisotopic (exact) mass is 236 g/mol. The minimum absolute atomic E-state index is 0.407. The van der Waals surface area contributed by atoms with Crippen LogP contribution in [-0.4, -0.2) is 21.3 Å². The highest BCUT2D eigenvalue weighted by molar-refractivity contribution is 8.78. The molecule has 0 aromatic carbocycles. The highest BCUT2D eigenvalue weighted by atomic mass is 33.1. The molecule has 14 heavy (non-hydrogen) atoms. The second-order valence-electron chi connectivity index (χ2n) is 3.92. The fourth-order valence-electron chi connectivity index (χ4n) is 0.290. The van der Waals surface area contributed by atoms with Gasteiger partial charge < -0.3 is 11.5 Å². The van der Waals surface area contributed by atoms with Gasteiger partial charge in [-0.25, -0.2) is 0 Å². The molecule has 82 valence electrons. The molecular formula is C8H16N2O2S2. The Morgan fingerprint density at radius 3 is 1.21 bits per heavy atom. The van der Waals surface area contributed by atoms with E-state index < -0.39 is 21.3 Å². The molecule has 0 aliphatic heterocycles. The van der Waals surface area contributed by atoms with Crippen LogP contribution in [0.5, 0.6) is 0 Å². The van der Waals surface area contributed by atoms with Gasteiger partial charge in [0.05, 0.1) is 9.49 Å². The van der Waals surface area contributed by atoms with E-state index in [0.717, 1.165) is 0 Å². The summed E-state index contributed by atoms with van der Waals surface area (Å²) in [5.41, 5.74) is 10.4. The third-order valence-corrected chi connectivity index (χ3v) is 5.71. The maximum absolute atomic E-state index is 11.0. The molecule has 0 bridgehead atoms. The molecule has 0 aliphatic rings. The molecule has 0 unspecified atom stereocenters. The van der Waals surface area contributed by atoms with Crippen molar-refractivity contribution in [2.24, 2.45) is 11.5 Å². The van der Waals surface area contributed by atoms with Crippen LogP contribution in [0.4, 0.5) is 0 Å². The first-order chi connectivity index (χ1) is 6.09. The molecule has 0 heterocycles. The average molecular weight is 236 g/mol. The molecular weight excluding hydrogens is 220 g/mol. The molecule has 4 N–H and O–H groups in total. The lowest BCUT2D eigenvalue weighted by Gasteiger charge is -2.25. The minimum atomic E-state index is -0.697. The Kier molecular flexibility index (Phi) is 4.33. The molecule has 2 amide bonds. The summed E-state index contributed by atoms with van der Waals surface area (Å²) in [4.78, 5) is 22.0. The van der Waals surface area contributed by atoms with Gasteiger partial charge in [-0.1, -0.05) is 21.6 Å². The van der Waals surface area contributed by atoms with Crippen molar-refractivity contribution in [2.75, 3.05) is 0 Å². The maximum atomic E-state index is 11.0. The van der Waals surface area contributed by atoms with Crippen molar-refractivity contribution < 1.29 is 9.59 Å². The van der Waals surface area contributed by atoms with E-state index in [0.29, 0.717) is 0 Å². The zero-order valence-electron chi connectivity index (χ0n) is 8.79. The van der Waals surface area contributed by atoms with Crippen LogP contribution in [0.25, 0.3) is 0 Å². The number of rotatable bonds is 5. The van der Waals surface area contributed by atoms with Gasteiger partial charge in [0.25, 0.3) is 0 Å². The number of nitrogens with two attached hydrogens (primary N) is 2. The van der Waals surface area contributed by atoms with Gasteiger partial charge >= 0.3 is 0 Å². The van der Waals surface area contributed by atoms with Crippen LogP contribution in [0.15, 0.2) is 0 Å². The van der Waals surface area contributed by atoms with E-state index in [1.165, 1.54) is 21.6 Å². The van der Waals surface area contributed by atoms with Gasteiger partial charge in [-0.2, -0.15) is 0 Å². The maximum Gasteiger partial charge on any atom is 0.233 e. The average Bonchev–Trinajstić information content (AvgIpc) is 2.01. The van der Waals surface area contributed by atoms with E-state index in [2.05, 4.69) is 0 Å². The molecule has 4 nitrogen and oxygen atoms in total. The SMILES string of the molecule is CC(C)(SSC(C)(C)C(N)=O)C(N)=O. The third kappa shape index (κ3) is 3.79. The van der Waals surface area contributed by atoms with Crippen molar-refractivity contribution >= 4 is 33.4 Å². The van der Waals surface area contributed by atoms with Crippen LogP contribution >= 0.6 is 21.6 Å². The zero-order chi connectivity index (χ0) is 11.6. The van der Waals surface area contributed by atoms with Crippen molar-refractivity contribution in [3.63, 3.8) is 0 Å². The molecule has 0 aliphatic carbocycles. The lowest BCUT2D eigenvalue weighted by Crippen LogP contribution is -2.37. The molecule has 0 rings (SSSR count). The van der Waals surface area contributed by atoms with Gasteiger partial charge in [0.1, 0.15) is 0 Å². The fraction of sp³-hybridized carbons (Fsp3) is 0.750. The van der Waals surface area contributed by atoms with Crippen molar-refractivity contribution in [1.82, 2.24) is 0 Å². The largest absolute Gasteiger partial charge is 0.368 e. The Bertz CT molecular complexity index is 226. The Balaban J connectivity index is 4.32. The summed E-state index contributed by atoms with van der Waals surface area (Å²) in [7, 11) is 2.53. The number of hydrogen-bond acceptors (Lipinski definition) is 4. The number of hydrogen-bond donors (Lipinski definition) is 2. The molecule has 0 saturated carbocycles. The molecule has 0 fully saturated rings. The molecule has 0 atom stereocenters. The standard InChI is InChI=1S/C8H16N2O2S2/c1-7(2,5(9)11)13-14-8(3,4)6(10)12/h1-4H3,(H2,9,11)(H2,10,12). The van der Waals surface area contributed by atoms with Gasteiger partial charge in [0, 0.05) is 0 Å². The quantitative estimate of drug-likeness (QED) is 0.694. The van der Waals surface area contributed by atoms with E-state index in [1.807, 2.05) is 0 Å². The van der Waals surface area contributed by atoms with Gasteiger partial charge in [0.2, 0.25) is 11.8 Å². The molecule has 0 radical (unpaired) electrons. The molecule has 6 heteroatoms. The number of primary amides is 2. The van der Waals surface area contributed by atoms with Crippen molar-refractivity contribution in [3.8, 4) is 0 Å². The number of carbonyl (C=O) groups is 2. The minimum Gasteiger partial charge on any atom is -0.368 e. The summed E-state index contributed by atoms with van der Waals surface area (Å²) in [5.74, 6) is -0.814. The molecule has 0 aromatic heterocycles. The second-order valence-corrected chi connectivity index (χ2v) is 7.29. The van der Waals surface area contributed by atoms with Gasteiger partial charge in [-0.05, 0) is 27.7 Å². The van der Waals surface area contributed by atoms with Crippen molar-refractivity contribution in [3.05, 3.63) is 0 Å². The van der Waals surface area contributed by atoms with Crippen molar-refractivity contribution in [1.29, 1.82) is 0 Å². The smallest absolute Gasteiger partial charge is 0.233 e. The van der Waals surface area contributed by atoms with E-state index in [9.17, 15) is 9.59 Å². The predicted molar refractivity (Wildman–Crippen MR) is 61.7 cm³/mol. The predicted octanol–water partition coefficient (Wildman–Crippen LogP) is 0.896. The highest BCUT2D eigenvalue weighted by Gasteiger charge is 2.33. The van der Waals surface area contributed by atoms with E-state index in [4.69, 9.17) is 11.5 Å². The Labute approximate surface area is 91.9 Å². The van der Waals surface area contributed by atoms with E-state index in [1.54, 1.807) is 27.7 Å². The Morgan fingerprint density at radius 1 is 0.857 bits per heavy atom. The summed E-state index contributed by atoms with van der Waals surface area (Å²) in [6.07, 6.45) is 0. The lowest BCUT2D eigenvalue weighted by molar-refractivity contribution is -0.120. The van der Waals surface area contributed by atoms with Crippen molar-refractivity contribution in [2.45, 2.75) is 37.2 Å². The molecule has 0 spiro atoms. The Morgan fingerprint density at radius 2 is 1.07 bits per heavy atom. The Hall–Kier alpha value is -0.360. The van der Waals surface area contributed by atoms with Crippen LogP contribution in [-0.2, 0) is 9.59 Å². The summed E-state index contributed by atoms with van der Waals surface area (Å²) in [6, 6.07) is 0. The highest BCUT2D eigenvalue weighted by Crippen LogP contribution is 2.43. The topological polar surface area (TPSA) is 86.2 Å². The van der Waals surface area contributed by atoms with E-state index >= 15 is 0 Å². The summed E-state index contributed by atoms with van der Waals surface area (Å²) in [6.45, 7) is 6.85. The summed E-state index contributed by atoms with van der Waals surface area (Å²) in [5, 5.41) is 0.